The van der Waals surface area contributed by atoms with Gasteiger partial charge < -0.3 is 20.4 Å². The molecule has 4 atom stereocenters. The first-order valence-electron chi connectivity index (χ1n) is 14.9. The predicted octanol–water partition coefficient (Wildman–Crippen LogP) is 2.03. The van der Waals surface area contributed by atoms with Crippen molar-refractivity contribution in [3.8, 4) is 0 Å². The largest absolute Gasteiger partial charge is 0.350 e. The topological polar surface area (TPSA) is 112 Å². The Morgan fingerprint density at radius 2 is 1.83 bits per heavy atom. The van der Waals surface area contributed by atoms with Crippen molar-refractivity contribution in [3.63, 3.8) is 0 Å². The summed E-state index contributed by atoms with van der Waals surface area (Å²) >= 11 is 0. The molecule has 6 rings (SSSR count). The third-order valence-corrected chi connectivity index (χ3v) is 8.98. The van der Waals surface area contributed by atoms with Crippen molar-refractivity contribution in [2.24, 2.45) is 18.9 Å². The summed E-state index contributed by atoms with van der Waals surface area (Å²) in [6.07, 6.45) is 10.3. The summed E-state index contributed by atoms with van der Waals surface area (Å²) in [5.41, 5.74) is 3.15. The Kier molecular flexibility index (Phi) is 8.00. The number of hydrogen-bond acceptors (Lipinski definition) is 6. The van der Waals surface area contributed by atoms with Crippen LogP contribution in [0.2, 0.25) is 0 Å². The highest BCUT2D eigenvalue weighted by Crippen LogP contribution is 2.30. The molecule has 10 nitrogen and oxygen atoms in total. The van der Waals surface area contributed by atoms with E-state index >= 15 is 0 Å². The van der Waals surface area contributed by atoms with Crippen molar-refractivity contribution in [2.45, 2.75) is 57.2 Å². The van der Waals surface area contributed by atoms with Gasteiger partial charge >= 0.3 is 0 Å². The van der Waals surface area contributed by atoms with E-state index in [2.05, 4.69) is 20.7 Å². The molecular weight excluding hydrogens is 518 g/mol. The molecule has 2 aromatic heterocycles. The van der Waals surface area contributed by atoms with Crippen molar-refractivity contribution in [1.29, 1.82) is 0 Å². The quantitative estimate of drug-likeness (QED) is 0.460. The number of likely N-dealkylation sites (tertiary alicyclic amines) is 2. The summed E-state index contributed by atoms with van der Waals surface area (Å²) in [5, 5.41) is 11.8. The van der Waals surface area contributed by atoms with Gasteiger partial charge in [0, 0.05) is 51.0 Å². The second-order valence-corrected chi connectivity index (χ2v) is 11.8. The molecule has 3 aliphatic rings. The number of carbonyl (C=O) groups is 3. The Morgan fingerprint density at radius 3 is 2.63 bits per heavy atom. The van der Waals surface area contributed by atoms with Gasteiger partial charge in [0.1, 0.15) is 6.04 Å². The smallest absolute Gasteiger partial charge is 0.243 e. The van der Waals surface area contributed by atoms with Gasteiger partial charge in [-0.25, -0.2) is 0 Å². The molecule has 0 saturated carbocycles. The molecule has 3 amide bonds. The van der Waals surface area contributed by atoms with Gasteiger partial charge in [-0.1, -0.05) is 6.07 Å². The van der Waals surface area contributed by atoms with Crippen LogP contribution in [0.1, 0.15) is 43.2 Å². The van der Waals surface area contributed by atoms with Crippen LogP contribution in [0.3, 0.4) is 0 Å². The Hall–Kier alpha value is -3.79. The molecule has 3 aliphatic heterocycles. The zero-order chi connectivity index (χ0) is 28.3. The molecule has 0 spiro atoms. The Morgan fingerprint density at radius 1 is 1.02 bits per heavy atom. The van der Waals surface area contributed by atoms with E-state index in [1.807, 2.05) is 53.2 Å². The molecular formula is C31H39N7O3. The van der Waals surface area contributed by atoms with Crippen LogP contribution in [0, 0.1) is 11.8 Å². The summed E-state index contributed by atoms with van der Waals surface area (Å²) < 4.78 is 1.82. The van der Waals surface area contributed by atoms with E-state index < -0.39 is 12.1 Å². The van der Waals surface area contributed by atoms with E-state index in [9.17, 15) is 14.4 Å². The van der Waals surface area contributed by atoms with Crippen LogP contribution in [0.25, 0.3) is 10.9 Å². The van der Waals surface area contributed by atoms with Gasteiger partial charge in [-0.3, -0.25) is 24.0 Å². The zero-order valence-corrected chi connectivity index (χ0v) is 23.7. The van der Waals surface area contributed by atoms with E-state index in [-0.39, 0.29) is 29.6 Å². The number of carbonyl (C=O) groups excluding carboxylic acids is 3. The standard InChI is InChI=1S/C31H39N7O3/c1-36-26-7-6-22(16-24(26)19-35-36)18-34-29(39)27-17-23(15-21-8-11-32-12-9-21)20-38(27)31(41)28-25(5-4-10-33-28)30(40)37-13-2-3-14-37/h6-9,11-12,16,19,23,25,27-28,33H,2-5,10,13-15,17-18,20H2,1H3,(H,34,39)/t23-,25+,27+,28-/m1/s1. The van der Waals surface area contributed by atoms with Gasteiger partial charge in [-0.05, 0) is 86.4 Å². The Bertz CT molecular complexity index is 1400. The van der Waals surface area contributed by atoms with Gasteiger partial charge in [0.05, 0.1) is 23.7 Å². The average Bonchev–Trinajstić information content (AvgIpc) is 3.77. The summed E-state index contributed by atoms with van der Waals surface area (Å²) in [4.78, 5) is 49.1. The number of amides is 3. The number of rotatable bonds is 7. The molecule has 3 fully saturated rings. The molecule has 5 heterocycles. The van der Waals surface area contributed by atoms with Gasteiger partial charge in [0.25, 0.3) is 0 Å². The molecule has 2 N–H and O–H groups in total. The first-order chi connectivity index (χ1) is 20.0. The number of hydrogen-bond donors (Lipinski definition) is 2. The fourth-order valence-electron chi connectivity index (χ4n) is 6.81. The highest BCUT2D eigenvalue weighted by atomic mass is 16.2. The minimum atomic E-state index is -0.597. The zero-order valence-electron chi connectivity index (χ0n) is 23.7. The maximum Gasteiger partial charge on any atom is 0.243 e. The molecule has 0 bridgehead atoms. The average molecular weight is 558 g/mol. The van der Waals surface area contributed by atoms with Gasteiger partial charge in [-0.15, -0.1) is 0 Å². The first kappa shape index (κ1) is 27.4. The van der Waals surface area contributed by atoms with Crippen LogP contribution in [-0.4, -0.2) is 80.5 Å². The number of piperidine rings is 1. The molecule has 216 valence electrons. The second-order valence-electron chi connectivity index (χ2n) is 11.8. The lowest BCUT2D eigenvalue weighted by Crippen LogP contribution is -2.59. The second kappa shape index (κ2) is 12.0. The van der Waals surface area contributed by atoms with Crippen LogP contribution in [0.5, 0.6) is 0 Å². The van der Waals surface area contributed by atoms with Crippen LogP contribution in [0.15, 0.2) is 48.9 Å². The van der Waals surface area contributed by atoms with E-state index in [1.165, 1.54) is 0 Å². The molecule has 0 unspecified atom stereocenters. The number of fused-ring (bicyclic) bond motifs is 1. The molecule has 3 aromatic rings. The summed E-state index contributed by atoms with van der Waals surface area (Å²) in [5.74, 6) is -0.451. The number of nitrogens with zero attached hydrogens (tertiary/aromatic N) is 5. The van der Waals surface area contributed by atoms with Crippen LogP contribution in [0.4, 0.5) is 0 Å². The summed E-state index contributed by atoms with van der Waals surface area (Å²) in [6.45, 7) is 3.09. The fraction of sp³-hybridized carbons (Fsp3) is 0.516. The Labute approximate surface area is 240 Å². The predicted molar refractivity (Wildman–Crippen MR) is 154 cm³/mol. The van der Waals surface area contributed by atoms with Crippen LogP contribution in [-0.2, 0) is 34.4 Å². The monoisotopic (exact) mass is 557 g/mol. The SMILES string of the molecule is Cn1ncc2cc(CNC(=O)[C@@H]3C[C@@H](Cc4ccncc4)CN3C(=O)[C@@H]3NCCC[C@@H]3C(=O)N3CCCC3)ccc21. The minimum absolute atomic E-state index is 0.0763. The van der Waals surface area contributed by atoms with E-state index in [1.54, 1.807) is 17.3 Å². The highest BCUT2D eigenvalue weighted by Gasteiger charge is 2.46. The van der Waals surface area contributed by atoms with Crippen molar-refractivity contribution < 1.29 is 14.4 Å². The number of aryl methyl sites for hydroxylation is 1. The van der Waals surface area contributed by atoms with Crippen LogP contribution < -0.4 is 10.6 Å². The maximum absolute atomic E-state index is 14.2. The molecule has 1 aromatic carbocycles. The maximum atomic E-state index is 14.2. The lowest BCUT2D eigenvalue weighted by molar-refractivity contribution is -0.146. The third-order valence-electron chi connectivity index (χ3n) is 8.98. The van der Waals surface area contributed by atoms with Gasteiger partial charge in [0.2, 0.25) is 17.7 Å². The number of aromatic nitrogens is 3. The lowest BCUT2D eigenvalue weighted by Gasteiger charge is -2.36. The molecule has 10 heteroatoms. The van der Waals surface area contributed by atoms with E-state index in [0.717, 1.165) is 60.8 Å². The van der Waals surface area contributed by atoms with E-state index in [4.69, 9.17) is 0 Å². The van der Waals surface area contributed by atoms with Gasteiger partial charge in [-0.2, -0.15) is 5.10 Å². The number of benzene rings is 1. The van der Waals surface area contributed by atoms with Crippen molar-refractivity contribution in [1.82, 2.24) is 35.2 Å². The molecule has 0 radical (unpaired) electrons. The summed E-state index contributed by atoms with van der Waals surface area (Å²) in [7, 11) is 1.91. The van der Waals surface area contributed by atoms with Crippen molar-refractivity contribution in [3.05, 3.63) is 60.0 Å². The summed E-state index contributed by atoms with van der Waals surface area (Å²) in [6, 6.07) is 8.83. The molecule has 3 saturated heterocycles. The Balaban J connectivity index is 1.19. The first-order valence-corrected chi connectivity index (χ1v) is 14.9. The minimum Gasteiger partial charge on any atom is -0.350 e. The van der Waals surface area contributed by atoms with Gasteiger partial charge in [0.15, 0.2) is 0 Å². The lowest BCUT2D eigenvalue weighted by atomic mass is 9.88. The normalized spacial score (nSPS) is 24.6. The van der Waals surface area contributed by atoms with Crippen molar-refractivity contribution in [2.75, 3.05) is 26.2 Å². The highest BCUT2D eigenvalue weighted by molar-refractivity contribution is 5.94. The number of pyridine rings is 1. The molecule has 41 heavy (non-hydrogen) atoms. The van der Waals surface area contributed by atoms with Crippen molar-refractivity contribution >= 4 is 28.6 Å². The van der Waals surface area contributed by atoms with Crippen LogP contribution >= 0.6 is 0 Å². The fourth-order valence-corrected chi connectivity index (χ4v) is 6.81. The van der Waals surface area contributed by atoms with E-state index in [0.29, 0.717) is 32.5 Å². The number of nitrogens with one attached hydrogen (secondary N) is 2. The molecule has 0 aliphatic carbocycles. The third kappa shape index (κ3) is 5.84.